The van der Waals surface area contributed by atoms with Crippen LogP contribution in [-0.4, -0.2) is 39.9 Å². The molecule has 3 N–H and O–H groups in total. The highest BCUT2D eigenvalue weighted by atomic mass is 16.5. The molecule has 0 bridgehead atoms. The van der Waals surface area contributed by atoms with Crippen molar-refractivity contribution in [3.8, 4) is 5.75 Å². The molecule has 4 amide bonds. The molecule has 1 unspecified atom stereocenters. The second kappa shape index (κ2) is 9.47. The lowest BCUT2D eigenvalue weighted by Gasteiger charge is -2.21. The van der Waals surface area contributed by atoms with Crippen LogP contribution in [0.4, 0.5) is 4.79 Å². The van der Waals surface area contributed by atoms with E-state index in [-0.39, 0.29) is 31.3 Å². The number of carbonyl (C=O) groups excluding carboxylic acids is 3. The number of piperidine rings is 1. The number of fused-ring (bicyclic) bond motifs is 1. The lowest BCUT2D eigenvalue weighted by atomic mass is 10.1. The Kier molecular flexibility index (Phi) is 6.29. The summed E-state index contributed by atoms with van der Waals surface area (Å²) < 4.78 is 6.17. The van der Waals surface area contributed by atoms with Crippen LogP contribution in [0.3, 0.4) is 0 Å². The van der Waals surface area contributed by atoms with Gasteiger partial charge >= 0.3 is 6.03 Å². The topological polar surface area (TPSA) is 144 Å². The maximum atomic E-state index is 12.8. The van der Waals surface area contributed by atoms with Crippen LogP contribution in [0.25, 0.3) is 10.9 Å². The van der Waals surface area contributed by atoms with Gasteiger partial charge in [0, 0.05) is 19.5 Å². The number of amides is 4. The maximum absolute atomic E-state index is 12.8. The standard InChI is InChI=1S/C22H22N6O5/c1-33-15-4-2-3-13(9-15)11-23-22(32)24-12-14-5-6-16-17(10-14)26-27-28(21(16)31)18-7-8-19(29)25-20(18)30/h2-6,9-10,18H,7-8,11-12H2,1H3,(H2,23,24,32)(H,25,29,30). The minimum absolute atomic E-state index is 0.132. The van der Waals surface area contributed by atoms with Crippen molar-refractivity contribution >= 4 is 28.7 Å². The van der Waals surface area contributed by atoms with Crippen LogP contribution in [-0.2, 0) is 22.7 Å². The summed E-state index contributed by atoms with van der Waals surface area (Å²) in [6.07, 6.45) is 0.324. The van der Waals surface area contributed by atoms with Gasteiger partial charge in [0.05, 0.1) is 12.5 Å². The van der Waals surface area contributed by atoms with Crippen molar-refractivity contribution in [3.05, 3.63) is 63.9 Å². The SMILES string of the molecule is COc1cccc(CNC(=O)NCc2ccc3c(=O)n(C4CCC(=O)NC4=O)nnc3c2)c1. The van der Waals surface area contributed by atoms with Gasteiger partial charge in [-0.15, -0.1) is 5.10 Å². The number of nitrogens with one attached hydrogen (secondary N) is 3. The fourth-order valence-corrected chi connectivity index (χ4v) is 3.54. The zero-order valence-corrected chi connectivity index (χ0v) is 17.8. The molecule has 2 heterocycles. The first-order valence-electron chi connectivity index (χ1n) is 10.3. The Morgan fingerprint density at radius 3 is 2.61 bits per heavy atom. The number of hydrogen-bond donors (Lipinski definition) is 3. The van der Waals surface area contributed by atoms with Gasteiger partial charge in [0.2, 0.25) is 5.91 Å². The van der Waals surface area contributed by atoms with Gasteiger partial charge in [-0.25, -0.2) is 4.79 Å². The van der Waals surface area contributed by atoms with E-state index in [0.29, 0.717) is 23.2 Å². The van der Waals surface area contributed by atoms with Gasteiger partial charge in [-0.05, 0) is 41.8 Å². The molecule has 2 aromatic carbocycles. The first kappa shape index (κ1) is 21.9. The summed E-state index contributed by atoms with van der Waals surface area (Å²) in [6.45, 7) is 0.559. The predicted molar refractivity (Wildman–Crippen MR) is 117 cm³/mol. The molecule has 1 atom stereocenters. The predicted octanol–water partition coefficient (Wildman–Crippen LogP) is 0.777. The smallest absolute Gasteiger partial charge is 0.315 e. The molecular formula is C22H22N6O5. The van der Waals surface area contributed by atoms with E-state index in [0.717, 1.165) is 15.8 Å². The molecule has 1 fully saturated rings. The van der Waals surface area contributed by atoms with E-state index >= 15 is 0 Å². The molecule has 1 aliphatic heterocycles. The third-order valence-electron chi connectivity index (χ3n) is 5.30. The summed E-state index contributed by atoms with van der Waals surface area (Å²) in [5.74, 6) is -0.228. The number of rotatable bonds is 6. The second-order valence-corrected chi connectivity index (χ2v) is 7.55. The van der Waals surface area contributed by atoms with Crippen LogP contribution in [0, 0.1) is 0 Å². The third kappa shape index (κ3) is 4.97. The first-order chi connectivity index (χ1) is 15.9. The maximum Gasteiger partial charge on any atom is 0.315 e. The van der Waals surface area contributed by atoms with Crippen molar-refractivity contribution < 1.29 is 19.1 Å². The van der Waals surface area contributed by atoms with Crippen LogP contribution >= 0.6 is 0 Å². The van der Waals surface area contributed by atoms with Crippen LogP contribution in [0.5, 0.6) is 5.75 Å². The number of nitrogens with zero attached hydrogens (tertiary/aromatic N) is 3. The molecule has 1 saturated heterocycles. The van der Waals surface area contributed by atoms with E-state index in [2.05, 4.69) is 26.3 Å². The molecule has 4 rings (SSSR count). The summed E-state index contributed by atoms with van der Waals surface area (Å²) in [5, 5.41) is 16.0. The van der Waals surface area contributed by atoms with Crippen molar-refractivity contribution in [1.29, 1.82) is 0 Å². The average Bonchev–Trinajstić information content (AvgIpc) is 2.82. The minimum atomic E-state index is -0.873. The summed E-state index contributed by atoms with van der Waals surface area (Å²) >= 11 is 0. The number of aromatic nitrogens is 3. The summed E-state index contributed by atoms with van der Waals surface area (Å²) in [4.78, 5) is 48.3. The third-order valence-corrected chi connectivity index (χ3v) is 5.30. The number of methoxy groups -OCH3 is 1. The number of ether oxygens (including phenoxy) is 1. The van der Waals surface area contributed by atoms with Gasteiger partial charge in [0.1, 0.15) is 17.3 Å². The highest BCUT2D eigenvalue weighted by Gasteiger charge is 2.30. The summed E-state index contributed by atoms with van der Waals surface area (Å²) in [6, 6.07) is 11.1. The van der Waals surface area contributed by atoms with Gasteiger partial charge < -0.3 is 15.4 Å². The summed E-state index contributed by atoms with van der Waals surface area (Å²) in [5.41, 5.74) is 1.51. The average molecular weight is 450 g/mol. The zero-order valence-electron chi connectivity index (χ0n) is 17.8. The Balaban J connectivity index is 1.40. The van der Waals surface area contributed by atoms with Gasteiger partial charge in [0.15, 0.2) is 0 Å². The molecule has 170 valence electrons. The lowest BCUT2D eigenvalue weighted by molar-refractivity contribution is -0.136. The fourth-order valence-electron chi connectivity index (χ4n) is 3.54. The Morgan fingerprint density at radius 2 is 1.88 bits per heavy atom. The summed E-state index contributed by atoms with van der Waals surface area (Å²) in [7, 11) is 1.58. The molecule has 0 saturated carbocycles. The number of benzene rings is 2. The van der Waals surface area contributed by atoms with Crippen molar-refractivity contribution in [1.82, 2.24) is 30.9 Å². The van der Waals surface area contributed by atoms with Crippen LogP contribution in [0.15, 0.2) is 47.3 Å². The lowest BCUT2D eigenvalue weighted by Crippen LogP contribution is -2.45. The van der Waals surface area contributed by atoms with Crippen molar-refractivity contribution in [2.45, 2.75) is 32.0 Å². The van der Waals surface area contributed by atoms with Crippen molar-refractivity contribution in [2.24, 2.45) is 0 Å². The van der Waals surface area contributed by atoms with Crippen LogP contribution in [0.2, 0.25) is 0 Å². The van der Waals surface area contributed by atoms with Gasteiger partial charge in [-0.3, -0.25) is 19.7 Å². The zero-order chi connectivity index (χ0) is 23.4. The fraction of sp³-hybridized carbons (Fsp3) is 0.273. The first-order valence-corrected chi connectivity index (χ1v) is 10.3. The van der Waals surface area contributed by atoms with Crippen molar-refractivity contribution in [3.63, 3.8) is 0 Å². The van der Waals surface area contributed by atoms with E-state index in [4.69, 9.17) is 4.74 Å². The van der Waals surface area contributed by atoms with Crippen LogP contribution in [0.1, 0.15) is 30.0 Å². The van der Waals surface area contributed by atoms with Crippen LogP contribution < -0.4 is 26.2 Å². The number of urea groups is 1. The highest BCUT2D eigenvalue weighted by molar-refractivity contribution is 5.99. The van der Waals surface area contributed by atoms with Gasteiger partial charge in [0.25, 0.3) is 11.5 Å². The highest BCUT2D eigenvalue weighted by Crippen LogP contribution is 2.17. The van der Waals surface area contributed by atoms with Crippen molar-refractivity contribution in [2.75, 3.05) is 7.11 Å². The quantitative estimate of drug-likeness (QED) is 0.471. The van der Waals surface area contributed by atoms with E-state index in [1.165, 1.54) is 0 Å². The normalized spacial score (nSPS) is 15.7. The Labute approximate surface area is 188 Å². The van der Waals surface area contributed by atoms with E-state index in [1.54, 1.807) is 25.3 Å². The molecule has 11 nitrogen and oxygen atoms in total. The molecule has 1 aromatic heterocycles. The molecule has 11 heteroatoms. The Hall–Kier alpha value is -4.28. The molecule has 0 radical (unpaired) electrons. The molecule has 0 spiro atoms. The van der Waals surface area contributed by atoms with E-state index < -0.39 is 17.5 Å². The number of imide groups is 1. The molecule has 33 heavy (non-hydrogen) atoms. The second-order valence-electron chi connectivity index (χ2n) is 7.55. The Bertz CT molecular complexity index is 1290. The van der Waals surface area contributed by atoms with Gasteiger partial charge in [-0.1, -0.05) is 23.4 Å². The monoisotopic (exact) mass is 450 g/mol. The van der Waals surface area contributed by atoms with Gasteiger partial charge in [-0.2, -0.15) is 4.68 Å². The minimum Gasteiger partial charge on any atom is -0.497 e. The Morgan fingerprint density at radius 1 is 1.12 bits per heavy atom. The molecule has 1 aliphatic rings. The largest absolute Gasteiger partial charge is 0.497 e. The van der Waals surface area contributed by atoms with E-state index in [9.17, 15) is 19.2 Å². The molecular weight excluding hydrogens is 428 g/mol. The number of carbonyl (C=O) groups is 3. The molecule has 0 aliphatic carbocycles. The number of hydrogen-bond acceptors (Lipinski definition) is 7. The molecule has 3 aromatic rings. The van der Waals surface area contributed by atoms with E-state index in [1.807, 2.05) is 24.3 Å².